The van der Waals surface area contributed by atoms with Crippen molar-refractivity contribution in [2.24, 2.45) is 0 Å². The van der Waals surface area contributed by atoms with Crippen molar-refractivity contribution in [2.75, 3.05) is 52.6 Å². The van der Waals surface area contributed by atoms with E-state index in [0.29, 0.717) is 49.2 Å². The topological polar surface area (TPSA) is 153 Å². The predicted octanol–water partition coefficient (Wildman–Crippen LogP) is 11.9. The zero-order valence-electron chi connectivity index (χ0n) is 45.2. The van der Waals surface area contributed by atoms with Crippen molar-refractivity contribution in [1.82, 2.24) is 21.3 Å². The summed E-state index contributed by atoms with van der Waals surface area (Å²) >= 11 is 5.78. The SMILES string of the molecule is CCNC(=O)COc1c2cc(C(C)(C)C)cc1Sc1cc(C(C)(C)C)cc(c1OCC(=O)NCC)Sc1cc(C(C)(C)C)cc(c1OCC(=O)NCC)Sc1cc(C(C)(C)C)cc(c1OCC(=O)NCC)S2. The number of benzene rings is 4. The van der Waals surface area contributed by atoms with Crippen molar-refractivity contribution in [1.29, 1.82) is 0 Å². The molecule has 1 aliphatic rings. The number of carbonyl (C=O) groups is 4. The van der Waals surface area contributed by atoms with Gasteiger partial charge in [-0.2, -0.15) is 0 Å². The highest BCUT2D eigenvalue weighted by Crippen LogP contribution is 2.56. The van der Waals surface area contributed by atoms with Gasteiger partial charge in [-0.3, -0.25) is 19.2 Å². The fourth-order valence-electron chi connectivity index (χ4n) is 7.23. The van der Waals surface area contributed by atoms with Gasteiger partial charge in [-0.25, -0.2) is 0 Å². The third-order valence-corrected chi connectivity index (χ3v) is 15.5. The lowest BCUT2D eigenvalue weighted by Gasteiger charge is -2.28. The van der Waals surface area contributed by atoms with E-state index in [-0.39, 0.29) is 71.7 Å². The lowest BCUT2D eigenvalue weighted by atomic mass is 9.87. The number of likely N-dealkylation sites (N-methyl/N-ethyl adjacent to an activating group) is 4. The van der Waals surface area contributed by atoms with Gasteiger partial charge in [-0.15, -0.1) is 0 Å². The van der Waals surface area contributed by atoms with E-state index in [9.17, 15) is 19.2 Å². The number of hydrogen-bond acceptors (Lipinski definition) is 12. The Hall–Kier alpha value is -4.64. The number of fused-ring (bicyclic) bond motifs is 8. The fourth-order valence-corrected chi connectivity index (χ4v) is 12.0. The molecule has 0 aromatic heterocycles. The molecular weight excluding hydrogens is 985 g/mol. The van der Waals surface area contributed by atoms with Crippen LogP contribution < -0.4 is 40.2 Å². The maximum Gasteiger partial charge on any atom is 0.257 e. The number of rotatable bonds is 16. The van der Waals surface area contributed by atoms with E-state index in [4.69, 9.17) is 18.9 Å². The Bertz CT molecular complexity index is 2170. The van der Waals surface area contributed by atoms with Gasteiger partial charge in [0, 0.05) is 26.2 Å². The van der Waals surface area contributed by atoms with Crippen LogP contribution in [0.25, 0.3) is 0 Å². The highest BCUT2D eigenvalue weighted by Gasteiger charge is 2.31. The van der Waals surface area contributed by atoms with Gasteiger partial charge in [0.2, 0.25) is 0 Å². The fraction of sp³-hybridized carbons (Fsp3) is 0.500. The molecular formula is C56H76N4O8S4. The third-order valence-electron chi connectivity index (χ3n) is 11.3. The second-order valence-corrected chi connectivity index (χ2v) is 25.9. The smallest absolute Gasteiger partial charge is 0.257 e. The van der Waals surface area contributed by atoms with Crippen LogP contribution in [0.4, 0.5) is 0 Å². The van der Waals surface area contributed by atoms with E-state index < -0.39 is 0 Å². The second kappa shape index (κ2) is 24.6. The Morgan fingerprint density at radius 3 is 0.611 bits per heavy atom. The molecule has 0 unspecified atom stereocenters. The molecule has 0 spiro atoms. The standard InChI is InChI=1S/C56H76N4O8S4/c1-17-57-45(61)29-65-49-37-21-33(53(5,6)7)22-38(49)70-40-24-35(55(11,12)13)26-42(51(40)67-31-47(63)59-19-3)72-44-28-36(56(14,15)16)27-43(52(44)68-32-48(64)60-20-4)71-41-25-34(54(8,9)10)23-39(69-37)50(41)66-30-46(62)58-18-2/h21-28H,17-20,29-32H2,1-16H3,(H,57,61)(H,58,62)(H,59,63)(H,60,64). The Kier molecular flexibility index (Phi) is 19.9. The van der Waals surface area contributed by atoms with Gasteiger partial charge in [-0.1, -0.05) is 130 Å². The van der Waals surface area contributed by atoms with Gasteiger partial charge in [0.1, 0.15) is 23.0 Å². The number of carbonyl (C=O) groups excluding carboxylic acids is 4. The largest absolute Gasteiger partial charge is 0.481 e. The lowest BCUT2D eigenvalue weighted by Crippen LogP contribution is -2.29. The predicted molar refractivity (Wildman–Crippen MR) is 294 cm³/mol. The first-order valence-corrected chi connectivity index (χ1v) is 28.0. The molecule has 392 valence electrons. The highest BCUT2D eigenvalue weighted by atomic mass is 32.2. The minimum absolute atomic E-state index is 0.249. The van der Waals surface area contributed by atoms with Crippen LogP contribution in [0.5, 0.6) is 23.0 Å². The maximum absolute atomic E-state index is 13.3. The van der Waals surface area contributed by atoms with Gasteiger partial charge >= 0.3 is 0 Å². The number of amides is 4. The quantitative estimate of drug-likeness (QED) is 0.0744. The molecule has 0 radical (unpaired) electrons. The Balaban J connectivity index is 2.04. The van der Waals surface area contributed by atoms with Crippen LogP contribution in [0.3, 0.4) is 0 Å². The molecule has 4 amide bonds. The van der Waals surface area contributed by atoms with E-state index >= 15 is 0 Å². The molecule has 0 saturated carbocycles. The number of hydrogen-bond donors (Lipinski definition) is 4. The van der Waals surface area contributed by atoms with Crippen molar-refractivity contribution < 1.29 is 38.1 Å². The third kappa shape index (κ3) is 15.7. The van der Waals surface area contributed by atoms with Gasteiger partial charge in [-0.05, 0) is 120 Å². The number of ether oxygens (including phenoxy) is 4. The molecule has 72 heavy (non-hydrogen) atoms. The van der Waals surface area contributed by atoms with Crippen molar-refractivity contribution >= 4 is 70.7 Å². The Morgan fingerprint density at radius 2 is 0.486 bits per heavy atom. The summed E-state index contributed by atoms with van der Waals surface area (Å²) in [6.45, 7) is 34.1. The monoisotopic (exact) mass is 1060 g/mol. The average Bonchev–Trinajstić information content (AvgIpc) is 3.26. The van der Waals surface area contributed by atoms with Crippen molar-refractivity contribution in [3.8, 4) is 23.0 Å². The summed E-state index contributed by atoms with van der Waals surface area (Å²) < 4.78 is 26.8. The molecule has 1 heterocycles. The van der Waals surface area contributed by atoms with E-state index in [1.807, 2.05) is 27.7 Å². The van der Waals surface area contributed by atoms with Crippen molar-refractivity contribution in [3.63, 3.8) is 0 Å². The van der Waals surface area contributed by atoms with E-state index in [0.717, 1.165) is 61.4 Å². The molecule has 12 nitrogen and oxygen atoms in total. The summed E-state index contributed by atoms with van der Waals surface area (Å²) in [7, 11) is 0. The minimum Gasteiger partial charge on any atom is -0.481 e. The van der Waals surface area contributed by atoms with Crippen LogP contribution in [0.2, 0.25) is 0 Å². The van der Waals surface area contributed by atoms with E-state index in [1.54, 1.807) is 0 Å². The molecule has 4 N–H and O–H groups in total. The highest BCUT2D eigenvalue weighted by molar-refractivity contribution is 8.01. The summed E-state index contributed by atoms with van der Waals surface area (Å²) in [6, 6.07) is 16.9. The molecule has 0 fully saturated rings. The van der Waals surface area contributed by atoms with Crippen LogP contribution in [0, 0.1) is 0 Å². The molecule has 0 aliphatic carbocycles. The van der Waals surface area contributed by atoms with Crippen LogP contribution in [-0.4, -0.2) is 76.2 Å². The minimum atomic E-state index is -0.348. The summed E-state index contributed by atoms with van der Waals surface area (Å²) in [6.07, 6.45) is 0. The van der Waals surface area contributed by atoms with Crippen molar-refractivity contribution in [3.05, 3.63) is 70.8 Å². The lowest BCUT2D eigenvalue weighted by molar-refractivity contribution is -0.123. The number of nitrogens with one attached hydrogen (secondary N) is 4. The maximum atomic E-state index is 13.3. The Labute approximate surface area is 445 Å². The molecule has 4 aromatic rings. The van der Waals surface area contributed by atoms with Gasteiger partial charge in [0.05, 0.1) is 39.2 Å². The van der Waals surface area contributed by atoms with Gasteiger partial charge < -0.3 is 40.2 Å². The molecule has 5 rings (SSSR count). The molecule has 0 atom stereocenters. The second-order valence-electron chi connectivity index (χ2n) is 21.6. The molecule has 4 aromatic carbocycles. The first kappa shape index (κ1) is 58.3. The molecule has 1 aliphatic heterocycles. The molecule has 0 saturated heterocycles. The zero-order chi connectivity index (χ0) is 53.3. The summed E-state index contributed by atoms with van der Waals surface area (Å²) in [5, 5.41) is 11.5. The zero-order valence-corrected chi connectivity index (χ0v) is 48.4. The summed E-state index contributed by atoms with van der Waals surface area (Å²) in [4.78, 5) is 59.0. The Morgan fingerprint density at radius 1 is 0.333 bits per heavy atom. The first-order valence-electron chi connectivity index (χ1n) is 24.7. The van der Waals surface area contributed by atoms with Crippen LogP contribution in [-0.2, 0) is 40.8 Å². The van der Waals surface area contributed by atoms with Crippen LogP contribution in [0.1, 0.15) is 133 Å². The summed E-state index contributed by atoms with van der Waals surface area (Å²) in [5.74, 6) is 0.828. The van der Waals surface area contributed by atoms with E-state index in [2.05, 4.69) is 153 Å². The normalized spacial score (nSPS) is 12.9. The molecule has 16 heteroatoms. The van der Waals surface area contributed by atoms with Crippen molar-refractivity contribution in [2.45, 2.75) is 172 Å². The van der Waals surface area contributed by atoms with Gasteiger partial charge in [0.25, 0.3) is 23.6 Å². The molecule has 8 bridgehead atoms. The van der Waals surface area contributed by atoms with Crippen LogP contribution >= 0.6 is 47.0 Å². The van der Waals surface area contributed by atoms with E-state index in [1.165, 1.54) is 47.0 Å². The first-order chi connectivity index (χ1) is 33.7. The van der Waals surface area contributed by atoms with Gasteiger partial charge in [0.15, 0.2) is 26.4 Å². The average molecular weight is 1060 g/mol. The summed E-state index contributed by atoms with van der Waals surface area (Å²) in [5.41, 5.74) is 2.65. The van der Waals surface area contributed by atoms with Crippen LogP contribution in [0.15, 0.2) is 87.7 Å².